The second-order valence-corrected chi connectivity index (χ2v) is 8.69. The lowest BCUT2D eigenvalue weighted by Gasteiger charge is -2.27. The van der Waals surface area contributed by atoms with Crippen molar-refractivity contribution in [3.63, 3.8) is 0 Å². The summed E-state index contributed by atoms with van der Waals surface area (Å²) in [4.78, 5) is 30.1. The quantitative estimate of drug-likeness (QED) is 0.711. The number of carbonyl (C=O) groups excluding carboxylic acids is 2. The van der Waals surface area contributed by atoms with E-state index in [4.69, 9.17) is 9.26 Å². The van der Waals surface area contributed by atoms with Crippen molar-refractivity contribution in [1.29, 1.82) is 0 Å². The van der Waals surface area contributed by atoms with Crippen LogP contribution in [0.25, 0.3) is 0 Å². The number of hydrogen-bond donors (Lipinski definition) is 0. The van der Waals surface area contributed by atoms with E-state index in [9.17, 15) is 9.59 Å². The maximum Gasteiger partial charge on any atom is 0.230 e. The Balaban J connectivity index is 1.36. The van der Waals surface area contributed by atoms with Gasteiger partial charge < -0.3 is 19.1 Å². The maximum absolute atomic E-state index is 13.4. The Hall–Kier alpha value is -2.93. The highest BCUT2D eigenvalue weighted by Crippen LogP contribution is 2.52. The van der Waals surface area contributed by atoms with E-state index in [0.717, 1.165) is 5.56 Å². The number of benzene rings is 1. The second kappa shape index (κ2) is 6.80. The predicted octanol–water partition coefficient (Wildman–Crippen LogP) is 2.23. The molecule has 5 rings (SSSR count). The van der Waals surface area contributed by atoms with Crippen molar-refractivity contribution in [2.24, 2.45) is 11.8 Å². The molecule has 4 heterocycles. The van der Waals surface area contributed by atoms with Crippen molar-refractivity contribution < 1.29 is 18.8 Å². The summed E-state index contributed by atoms with van der Waals surface area (Å²) in [5.41, 5.74) is 2.82. The Morgan fingerprint density at radius 1 is 1.30 bits per heavy atom. The molecule has 3 aliphatic rings. The molecule has 2 fully saturated rings. The molecular formula is C23H25N3O4. The largest absolute Gasteiger partial charge is 0.360 e. The molecule has 30 heavy (non-hydrogen) atoms. The van der Waals surface area contributed by atoms with E-state index < -0.39 is 17.4 Å². The SMILES string of the molecule is Cc1ccc(CN2C[C@]34C=C[C@H](O3)C(C(=O)N(C)Cc3ccno3)C4C2=O)cc1C. The fourth-order valence-electron chi connectivity index (χ4n) is 5.01. The Morgan fingerprint density at radius 3 is 2.87 bits per heavy atom. The summed E-state index contributed by atoms with van der Waals surface area (Å²) >= 11 is 0. The van der Waals surface area contributed by atoms with E-state index in [2.05, 4.69) is 37.2 Å². The molecule has 1 aromatic carbocycles. The summed E-state index contributed by atoms with van der Waals surface area (Å²) in [6.07, 6.45) is 5.12. The highest BCUT2D eigenvalue weighted by Gasteiger charge is 2.67. The van der Waals surface area contributed by atoms with E-state index in [1.54, 1.807) is 24.2 Å². The van der Waals surface area contributed by atoms with Gasteiger partial charge in [-0.2, -0.15) is 0 Å². The number of amides is 2. The fraction of sp³-hybridized carbons (Fsp3) is 0.435. The smallest absolute Gasteiger partial charge is 0.230 e. The minimum absolute atomic E-state index is 0.00788. The van der Waals surface area contributed by atoms with Crippen molar-refractivity contribution in [1.82, 2.24) is 15.0 Å². The van der Waals surface area contributed by atoms with E-state index >= 15 is 0 Å². The number of hydrogen-bond acceptors (Lipinski definition) is 5. The second-order valence-electron chi connectivity index (χ2n) is 8.69. The van der Waals surface area contributed by atoms with E-state index in [-0.39, 0.29) is 17.9 Å². The van der Waals surface area contributed by atoms with Gasteiger partial charge in [0.25, 0.3) is 0 Å². The van der Waals surface area contributed by atoms with Gasteiger partial charge in [-0.1, -0.05) is 35.5 Å². The predicted molar refractivity (Wildman–Crippen MR) is 108 cm³/mol. The lowest BCUT2D eigenvalue weighted by molar-refractivity contribution is -0.143. The van der Waals surface area contributed by atoms with Gasteiger partial charge in [0, 0.05) is 19.7 Å². The van der Waals surface area contributed by atoms with Crippen LogP contribution >= 0.6 is 0 Å². The summed E-state index contributed by atoms with van der Waals surface area (Å²) in [6, 6.07) is 7.99. The lowest BCUT2D eigenvalue weighted by Crippen LogP contribution is -2.44. The Labute approximate surface area is 175 Å². The first-order valence-corrected chi connectivity index (χ1v) is 10.2. The van der Waals surface area contributed by atoms with Crippen LogP contribution in [0.5, 0.6) is 0 Å². The Morgan fingerprint density at radius 2 is 2.13 bits per heavy atom. The van der Waals surface area contributed by atoms with Gasteiger partial charge in [-0.15, -0.1) is 0 Å². The molecule has 156 valence electrons. The Bertz CT molecular complexity index is 1030. The number of aryl methyl sites for hydroxylation is 2. The average molecular weight is 407 g/mol. The molecule has 0 aliphatic carbocycles. The molecule has 3 aliphatic heterocycles. The van der Waals surface area contributed by atoms with Crippen LogP contribution in [-0.4, -0.2) is 52.1 Å². The molecule has 4 atom stereocenters. The van der Waals surface area contributed by atoms with E-state index in [1.165, 1.54) is 11.1 Å². The number of aromatic nitrogens is 1. The van der Waals surface area contributed by atoms with E-state index in [0.29, 0.717) is 25.4 Å². The van der Waals surface area contributed by atoms with Crippen molar-refractivity contribution >= 4 is 11.8 Å². The summed E-state index contributed by atoms with van der Waals surface area (Å²) in [7, 11) is 1.72. The number of carbonyl (C=O) groups is 2. The van der Waals surface area contributed by atoms with Crippen molar-refractivity contribution in [2.75, 3.05) is 13.6 Å². The third-order valence-electron chi connectivity index (χ3n) is 6.67. The van der Waals surface area contributed by atoms with Crippen LogP contribution in [0.1, 0.15) is 22.5 Å². The first-order chi connectivity index (χ1) is 14.4. The van der Waals surface area contributed by atoms with Gasteiger partial charge in [0.2, 0.25) is 11.8 Å². The molecule has 2 unspecified atom stereocenters. The molecule has 2 bridgehead atoms. The molecule has 7 heteroatoms. The highest BCUT2D eigenvalue weighted by atomic mass is 16.5. The van der Waals surface area contributed by atoms with Crippen LogP contribution in [0.4, 0.5) is 0 Å². The standard InChI is InChI=1S/C23H25N3O4/c1-14-4-5-16(10-15(14)2)11-26-13-23-8-6-18(29-23)19(20(23)22(26)28)21(27)25(3)12-17-7-9-24-30-17/h4-10,18-20H,11-13H2,1-3H3/t18-,19?,20?,23-/m0/s1. The van der Waals surface area contributed by atoms with Gasteiger partial charge in [-0.25, -0.2) is 0 Å². The third-order valence-corrected chi connectivity index (χ3v) is 6.67. The minimum Gasteiger partial charge on any atom is -0.360 e. The third kappa shape index (κ3) is 2.88. The number of likely N-dealkylation sites (tertiary alicyclic amines) is 1. The molecular weight excluding hydrogens is 382 g/mol. The zero-order chi connectivity index (χ0) is 21.0. The molecule has 1 aromatic heterocycles. The molecule has 0 radical (unpaired) electrons. The molecule has 0 saturated carbocycles. The lowest BCUT2D eigenvalue weighted by atomic mass is 9.76. The van der Waals surface area contributed by atoms with Gasteiger partial charge in [-0.05, 0) is 30.5 Å². The number of rotatable bonds is 5. The van der Waals surface area contributed by atoms with Crippen molar-refractivity contribution in [3.8, 4) is 0 Å². The summed E-state index contributed by atoms with van der Waals surface area (Å²) in [5.74, 6) is -0.501. The molecule has 1 spiro atoms. The number of ether oxygens (including phenoxy) is 1. The average Bonchev–Trinajstić information content (AvgIpc) is 3.47. The maximum atomic E-state index is 13.4. The Kier molecular flexibility index (Phi) is 4.32. The van der Waals surface area contributed by atoms with Gasteiger partial charge in [0.1, 0.15) is 5.60 Å². The summed E-state index contributed by atoms with van der Waals surface area (Å²) in [6.45, 7) is 5.46. The minimum atomic E-state index is -0.700. The zero-order valence-corrected chi connectivity index (χ0v) is 17.4. The molecule has 0 N–H and O–H groups in total. The van der Waals surface area contributed by atoms with Crippen LogP contribution in [-0.2, 0) is 27.4 Å². The first-order valence-electron chi connectivity index (χ1n) is 10.2. The molecule has 2 amide bonds. The van der Waals surface area contributed by atoms with E-state index in [1.807, 2.05) is 17.1 Å². The molecule has 2 aromatic rings. The topological polar surface area (TPSA) is 75.9 Å². The number of nitrogens with zero attached hydrogens (tertiary/aromatic N) is 3. The monoisotopic (exact) mass is 407 g/mol. The highest BCUT2D eigenvalue weighted by molar-refractivity contribution is 5.93. The van der Waals surface area contributed by atoms with Gasteiger partial charge in [0.05, 0.1) is 37.2 Å². The van der Waals surface area contributed by atoms with Gasteiger partial charge in [-0.3, -0.25) is 9.59 Å². The van der Waals surface area contributed by atoms with Crippen LogP contribution in [0.3, 0.4) is 0 Å². The number of fused-ring (bicyclic) bond motifs is 1. The molecule has 7 nitrogen and oxygen atoms in total. The summed E-state index contributed by atoms with van der Waals surface area (Å²) < 4.78 is 11.3. The van der Waals surface area contributed by atoms with Gasteiger partial charge >= 0.3 is 0 Å². The van der Waals surface area contributed by atoms with Crippen LogP contribution in [0.15, 0.2) is 47.1 Å². The molecule has 2 saturated heterocycles. The van der Waals surface area contributed by atoms with Crippen LogP contribution in [0, 0.1) is 25.7 Å². The fourth-order valence-corrected chi connectivity index (χ4v) is 5.01. The zero-order valence-electron chi connectivity index (χ0n) is 17.4. The van der Waals surface area contributed by atoms with Crippen LogP contribution in [0.2, 0.25) is 0 Å². The van der Waals surface area contributed by atoms with Crippen molar-refractivity contribution in [3.05, 3.63) is 65.1 Å². The van der Waals surface area contributed by atoms with Crippen molar-refractivity contribution in [2.45, 2.75) is 38.6 Å². The summed E-state index contributed by atoms with van der Waals surface area (Å²) in [5, 5.41) is 3.69. The van der Waals surface area contributed by atoms with Crippen LogP contribution < -0.4 is 0 Å². The first kappa shape index (κ1) is 19.1. The van der Waals surface area contributed by atoms with Gasteiger partial charge in [0.15, 0.2) is 5.76 Å². The normalized spacial score (nSPS) is 29.0.